The lowest BCUT2D eigenvalue weighted by Gasteiger charge is -2.25. The highest BCUT2D eigenvalue weighted by atomic mass is 16.5. The summed E-state index contributed by atoms with van der Waals surface area (Å²) in [6.45, 7) is 4.39. The summed E-state index contributed by atoms with van der Waals surface area (Å²) in [6.07, 6.45) is 7.93. The summed E-state index contributed by atoms with van der Waals surface area (Å²) in [5.41, 5.74) is 10.8. The monoisotopic (exact) mass is 528 g/mol. The van der Waals surface area contributed by atoms with E-state index < -0.39 is 0 Å². The van der Waals surface area contributed by atoms with E-state index in [2.05, 4.69) is 35.0 Å². The zero-order valence-electron chi connectivity index (χ0n) is 23.6. The third-order valence-electron chi connectivity index (χ3n) is 7.33. The Balaban J connectivity index is 1.67. The van der Waals surface area contributed by atoms with E-state index in [9.17, 15) is 10.1 Å². The number of imidazole rings is 1. The van der Waals surface area contributed by atoms with Gasteiger partial charge < -0.3 is 24.8 Å². The molecule has 2 atom stereocenters. The molecular weight excluding hydrogens is 488 g/mol. The third kappa shape index (κ3) is 6.86. The summed E-state index contributed by atoms with van der Waals surface area (Å²) in [4.78, 5) is 21.7. The highest BCUT2D eigenvalue weighted by Crippen LogP contribution is 2.35. The van der Waals surface area contributed by atoms with Crippen molar-refractivity contribution in [2.24, 2.45) is 12.8 Å². The molecule has 39 heavy (non-hydrogen) atoms. The quantitative estimate of drug-likeness (QED) is 0.402. The van der Waals surface area contributed by atoms with Crippen LogP contribution in [-0.2, 0) is 24.8 Å². The smallest absolute Gasteiger partial charge is 0.230 e. The maximum Gasteiger partial charge on any atom is 0.230 e. The van der Waals surface area contributed by atoms with Crippen molar-refractivity contribution in [1.82, 2.24) is 19.4 Å². The zero-order chi connectivity index (χ0) is 27.9. The Morgan fingerprint density at radius 2 is 2.03 bits per heavy atom. The lowest BCUT2D eigenvalue weighted by atomic mass is 9.92. The first-order valence-corrected chi connectivity index (χ1v) is 13.8. The van der Waals surface area contributed by atoms with Crippen LogP contribution in [0, 0.1) is 11.3 Å². The maximum absolute atomic E-state index is 13.5. The van der Waals surface area contributed by atoms with Crippen LogP contribution in [0.3, 0.4) is 0 Å². The number of nitrogens with two attached hydrogens (primary N) is 1. The van der Waals surface area contributed by atoms with Gasteiger partial charge in [0, 0.05) is 38.4 Å². The molecule has 4 rings (SSSR count). The number of nitriles is 1. The van der Waals surface area contributed by atoms with Crippen molar-refractivity contribution in [3.8, 4) is 17.6 Å². The Morgan fingerprint density at radius 1 is 1.21 bits per heavy atom. The second kappa shape index (κ2) is 12.9. The van der Waals surface area contributed by atoms with Crippen molar-refractivity contribution >= 4 is 5.91 Å². The summed E-state index contributed by atoms with van der Waals surface area (Å²) in [7, 11) is 5.95. The lowest BCUT2D eigenvalue weighted by molar-refractivity contribution is -0.132. The van der Waals surface area contributed by atoms with Gasteiger partial charge in [-0.25, -0.2) is 4.98 Å². The van der Waals surface area contributed by atoms with E-state index in [1.807, 2.05) is 48.8 Å². The van der Waals surface area contributed by atoms with Crippen molar-refractivity contribution in [1.29, 1.82) is 5.26 Å². The molecule has 2 unspecified atom stereocenters. The van der Waals surface area contributed by atoms with Gasteiger partial charge in [-0.05, 0) is 69.1 Å². The molecule has 1 aliphatic heterocycles. The van der Waals surface area contributed by atoms with Crippen LogP contribution in [0.4, 0.5) is 0 Å². The molecule has 8 nitrogen and oxygen atoms in total. The summed E-state index contributed by atoms with van der Waals surface area (Å²) in [5.74, 6) is 1.17. The molecule has 0 radical (unpaired) electrons. The molecule has 1 fully saturated rings. The minimum Gasteiger partial charge on any atom is -0.456 e. The first kappa shape index (κ1) is 28.3. The number of ether oxygens (including phenoxy) is 1. The highest BCUT2D eigenvalue weighted by Gasteiger charge is 2.28. The van der Waals surface area contributed by atoms with Crippen molar-refractivity contribution in [2.45, 2.75) is 57.5 Å². The van der Waals surface area contributed by atoms with Gasteiger partial charge in [0.1, 0.15) is 17.6 Å². The molecule has 3 aromatic rings. The zero-order valence-corrected chi connectivity index (χ0v) is 23.6. The average Bonchev–Trinajstić information content (AvgIpc) is 3.26. The van der Waals surface area contributed by atoms with Gasteiger partial charge in [0.25, 0.3) is 0 Å². The van der Waals surface area contributed by atoms with E-state index in [0.29, 0.717) is 30.0 Å². The Hall–Kier alpha value is -3.67. The molecule has 0 aliphatic carbocycles. The highest BCUT2D eigenvalue weighted by molar-refractivity contribution is 5.84. The molecule has 2 N–H and O–H groups in total. The normalized spacial score (nSPS) is 16.7. The van der Waals surface area contributed by atoms with Crippen LogP contribution in [0.25, 0.3) is 0 Å². The van der Waals surface area contributed by atoms with E-state index in [4.69, 9.17) is 10.5 Å². The largest absolute Gasteiger partial charge is 0.456 e. The third-order valence-corrected chi connectivity index (χ3v) is 7.33. The standard InChI is InChI=1S/C31H40N6O2/c1-5-13-37-14-7-6-8-26(31(37)38)23-11-12-25(20-35(2)3)30(17-23)39-29-16-22(9-10-24(29)18-32)15-27(33)28-19-34-21-36(28)4/h9-12,16-17,19,21,26-27H,5-8,13-15,20,33H2,1-4H3. The van der Waals surface area contributed by atoms with Gasteiger partial charge in [0.2, 0.25) is 5.91 Å². The molecule has 2 heterocycles. The number of aryl methyl sites for hydroxylation is 1. The number of rotatable bonds is 10. The first-order chi connectivity index (χ1) is 18.8. The Morgan fingerprint density at radius 3 is 2.72 bits per heavy atom. The SMILES string of the molecule is CCCN1CCCCC(c2ccc(CN(C)C)c(Oc3cc(CC(N)c4cncn4C)ccc3C#N)c2)C1=O. The molecule has 1 aromatic heterocycles. The van der Waals surface area contributed by atoms with Gasteiger partial charge in [0.15, 0.2) is 0 Å². The molecule has 8 heteroatoms. The molecule has 0 bridgehead atoms. The number of carbonyl (C=O) groups excluding carboxylic acids is 1. The number of benzene rings is 2. The predicted octanol–water partition coefficient (Wildman–Crippen LogP) is 4.89. The van der Waals surface area contributed by atoms with Crippen LogP contribution >= 0.6 is 0 Å². The van der Waals surface area contributed by atoms with Crippen molar-refractivity contribution in [2.75, 3.05) is 27.2 Å². The number of likely N-dealkylation sites (tertiary alicyclic amines) is 1. The van der Waals surface area contributed by atoms with E-state index in [1.54, 1.807) is 18.6 Å². The van der Waals surface area contributed by atoms with Gasteiger partial charge >= 0.3 is 0 Å². The number of hydrogen-bond donors (Lipinski definition) is 1. The predicted molar refractivity (Wildman–Crippen MR) is 152 cm³/mol. The molecule has 1 saturated heterocycles. The number of nitrogens with zero attached hydrogens (tertiary/aromatic N) is 5. The Kier molecular flexibility index (Phi) is 9.39. The number of amides is 1. The van der Waals surface area contributed by atoms with E-state index in [1.165, 1.54) is 0 Å². The van der Waals surface area contributed by atoms with Crippen LogP contribution in [0.5, 0.6) is 11.5 Å². The average molecular weight is 529 g/mol. The van der Waals surface area contributed by atoms with Crippen molar-refractivity contribution < 1.29 is 9.53 Å². The summed E-state index contributed by atoms with van der Waals surface area (Å²) in [5, 5.41) is 9.85. The Labute approximate surface area is 232 Å². The maximum atomic E-state index is 13.5. The van der Waals surface area contributed by atoms with Crippen LogP contribution in [0.1, 0.15) is 72.5 Å². The molecule has 0 saturated carbocycles. The number of aromatic nitrogens is 2. The molecule has 1 amide bonds. The second-order valence-corrected chi connectivity index (χ2v) is 10.8. The van der Waals surface area contributed by atoms with Gasteiger partial charge in [0.05, 0.1) is 29.5 Å². The van der Waals surface area contributed by atoms with E-state index in [0.717, 1.165) is 61.2 Å². The fourth-order valence-electron chi connectivity index (χ4n) is 5.33. The fraction of sp³-hybridized carbons (Fsp3) is 0.452. The van der Waals surface area contributed by atoms with Crippen LogP contribution < -0.4 is 10.5 Å². The lowest BCUT2D eigenvalue weighted by Crippen LogP contribution is -2.34. The van der Waals surface area contributed by atoms with Crippen LogP contribution in [0.2, 0.25) is 0 Å². The van der Waals surface area contributed by atoms with Gasteiger partial charge in [-0.1, -0.05) is 31.5 Å². The number of carbonyl (C=O) groups is 1. The molecule has 1 aliphatic rings. The van der Waals surface area contributed by atoms with Crippen molar-refractivity contribution in [3.05, 3.63) is 76.9 Å². The van der Waals surface area contributed by atoms with E-state index >= 15 is 0 Å². The van der Waals surface area contributed by atoms with Crippen LogP contribution in [-0.4, -0.2) is 52.4 Å². The van der Waals surface area contributed by atoms with Crippen LogP contribution in [0.15, 0.2) is 48.9 Å². The second-order valence-electron chi connectivity index (χ2n) is 10.8. The first-order valence-electron chi connectivity index (χ1n) is 13.8. The summed E-state index contributed by atoms with van der Waals surface area (Å²) in [6, 6.07) is 13.8. The van der Waals surface area contributed by atoms with E-state index in [-0.39, 0.29) is 17.9 Å². The van der Waals surface area contributed by atoms with Crippen molar-refractivity contribution in [3.63, 3.8) is 0 Å². The fourth-order valence-corrected chi connectivity index (χ4v) is 5.33. The van der Waals surface area contributed by atoms with Gasteiger partial charge in [-0.2, -0.15) is 5.26 Å². The Bertz CT molecular complexity index is 1320. The molecule has 0 spiro atoms. The molecule has 206 valence electrons. The molecular formula is C31H40N6O2. The minimum absolute atomic E-state index is 0.187. The summed E-state index contributed by atoms with van der Waals surface area (Å²) >= 11 is 0. The molecule has 2 aromatic carbocycles. The topological polar surface area (TPSA) is 100 Å². The summed E-state index contributed by atoms with van der Waals surface area (Å²) < 4.78 is 8.43. The minimum atomic E-state index is -0.238. The van der Waals surface area contributed by atoms with Gasteiger partial charge in [-0.3, -0.25) is 4.79 Å². The van der Waals surface area contributed by atoms with Gasteiger partial charge in [-0.15, -0.1) is 0 Å². The number of hydrogen-bond acceptors (Lipinski definition) is 6.